The quantitative estimate of drug-likeness (QED) is 0.905. The molecule has 0 aliphatic heterocycles. The van der Waals surface area contributed by atoms with Crippen LogP contribution in [0.2, 0.25) is 10.0 Å². The molecule has 5 heteroatoms. The Kier molecular flexibility index (Phi) is 3.94. The second-order valence-electron chi connectivity index (χ2n) is 3.65. The second-order valence-corrected chi connectivity index (χ2v) is 4.47. The van der Waals surface area contributed by atoms with Gasteiger partial charge in [-0.3, -0.25) is 0 Å². The van der Waals surface area contributed by atoms with Crippen LogP contribution in [-0.4, -0.2) is 5.11 Å². The molecule has 2 rings (SSSR count). The van der Waals surface area contributed by atoms with Crippen molar-refractivity contribution in [2.75, 3.05) is 0 Å². The number of phenols is 1. The van der Waals surface area contributed by atoms with Gasteiger partial charge in [-0.25, -0.2) is 4.39 Å². The van der Waals surface area contributed by atoms with E-state index in [0.717, 1.165) is 5.56 Å². The molecule has 0 spiro atoms. The van der Waals surface area contributed by atoms with E-state index in [0.29, 0.717) is 5.75 Å². The van der Waals surface area contributed by atoms with Crippen LogP contribution in [0, 0.1) is 5.82 Å². The number of rotatable bonds is 3. The van der Waals surface area contributed by atoms with E-state index in [4.69, 9.17) is 27.9 Å². The molecule has 2 aromatic rings. The van der Waals surface area contributed by atoms with Crippen molar-refractivity contribution in [1.82, 2.24) is 0 Å². The maximum Gasteiger partial charge on any atom is 0.157 e. The van der Waals surface area contributed by atoms with Crippen LogP contribution in [0.3, 0.4) is 0 Å². The minimum atomic E-state index is -0.306. The predicted octanol–water partition coefficient (Wildman–Crippen LogP) is 4.42. The number of ether oxygens (including phenoxy) is 1. The Morgan fingerprint density at radius 2 is 1.61 bits per heavy atom. The number of phenolic OH excluding ortho intramolecular Hbond substituents is 1. The molecule has 18 heavy (non-hydrogen) atoms. The average Bonchev–Trinajstić information content (AvgIpc) is 2.30. The van der Waals surface area contributed by atoms with Crippen LogP contribution < -0.4 is 4.74 Å². The van der Waals surface area contributed by atoms with Crippen LogP contribution in [0.15, 0.2) is 36.4 Å². The molecule has 0 atom stereocenters. The minimum Gasteiger partial charge on any atom is -0.508 e. The van der Waals surface area contributed by atoms with Crippen molar-refractivity contribution in [3.8, 4) is 11.5 Å². The molecule has 0 saturated carbocycles. The molecule has 0 heterocycles. The fourth-order valence-electron chi connectivity index (χ4n) is 1.42. The molecule has 0 unspecified atom stereocenters. The van der Waals surface area contributed by atoms with Gasteiger partial charge in [-0.2, -0.15) is 0 Å². The molecule has 0 aliphatic carbocycles. The fraction of sp³-hybridized carbons (Fsp3) is 0.0769. The minimum absolute atomic E-state index is 0.0286. The summed E-state index contributed by atoms with van der Waals surface area (Å²) < 4.78 is 18.2. The summed E-state index contributed by atoms with van der Waals surface area (Å²) in [5.41, 5.74) is 0.789. The summed E-state index contributed by atoms with van der Waals surface area (Å²) in [4.78, 5) is 0. The Hall–Kier alpha value is -1.45. The largest absolute Gasteiger partial charge is 0.508 e. The maximum atomic E-state index is 12.7. The Morgan fingerprint density at radius 3 is 2.17 bits per heavy atom. The summed E-state index contributed by atoms with van der Waals surface area (Å²) in [6.45, 7) is 0.213. The molecular formula is C13H9Cl2FO2. The zero-order valence-electron chi connectivity index (χ0n) is 9.16. The van der Waals surface area contributed by atoms with Gasteiger partial charge in [-0.05, 0) is 17.7 Å². The summed E-state index contributed by atoms with van der Waals surface area (Å²) in [5, 5.41) is 9.72. The van der Waals surface area contributed by atoms with Crippen molar-refractivity contribution in [3.63, 3.8) is 0 Å². The normalized spacial score (nSPS) is 10.4. The Morgan fingerprint density at radius 1 is 1.06 bits per heavy atom. The van der Waals surface area contributed by atoms with Gasteiger partial charge in [0.15, 0.2) is 5.75 Å². The third kappa shape index (κ3) is 3.06. The molecule has 0 radical (unpaired) electrons. The highest BCUT2D eigenvalue weighted by Crippen LogP contribution is 2.36. The van der Waals surface area contributed by atoms with E-state index in [2.05, 4.69) is 0 Å². The first kappa shape index (κ1) is 13.0. The first-order valence-corrected chi connectivity index (χ1v) is 5.87. The van der Waals surface area contributed by atoms with Crippen molar-refractivity contribution in [2.24, 2.45) is 0 Å². The SMILES string of the molecule is Oc1cc(Cl)c(OCc2ccc(F)cc2)c(Cl)c1. The molecule has 2 nitrogen and oxygen atoms in total. The Bertz CT molecular complexity index is 532. The van der Waals surface area contributed by atoms with Crippen molar-refractivity contribution in [3.05, 3.63) is 57.8 Å². The molecule has 1 N–H and O–H groups in total. The van der Waals surface area contributed by atoms with Crippen molar-refractivity contribution in [1.29, 1.82) is 0 Å². The van der Waals surface area contributed by atoms with Crippen LogP contribution in [-0.2, 0) is 6.61 Å². The zero-order valence-corrected chi connectivity index (χ0v) is 10.7. The van der Waals surface area contributed by atoms with Crippen molar-refractivity contribution in [2.45, 2.75) is 6.61 Å². The monoisotopic (exact) mass is 286 g/mol. The van der Waals surface area contributed by atoms with Gasteiger partial charge in [-0.15, -0.1) is 0 Å². The standard InChI is InChI=1S/C13H9Cl2FO2/c14-11-5-10(17)6-12(15)13(11)18-7-8-1-3-9(16)4-2-8/h1-6,17H,7H2. The number of hydrogen-bond donors (Lipinski definition) is 1. The van der Waals surface area contributed by atoms with Gasteiger partial charge in [0.25, 0.3) is 0 Å². The first-order chi connectivity index (χ1) is 8.56. The van der Waals surface area contributed by atoms with Gasteiger partial charge in [0.05, 0.1) is 10.0 Å². The summed E-state index contributed by atoms with van der Waals surface area (Å²) in [7, 11) is 0. The number of benzene rings is 2. The van der Waals surface area contributed by atoms with Gasteiger partial charge in [0, 0.05) is 12.1 Å². The molecule has 0 fully saturated rings. The van der Waals surface area contributed by atoms with Crippen LogP contribution >= 0.6 is 23.2 Å². The van der Waals surface area contributed by atoms with E-state index < -0.39 is 0 Å². The predicted molar refractivity (Wildman–Crippen MR) is 68.9 cm³/mol. The van der Waals surface area contributed by atoms with Gasteiger partial charge in [0.2, 0.25) is 0 Å². The lowest BCUT2D eigenvalue weighted by molar-refractivity contribution is 0.306. The van der Waals surface area contributed by atoms with E-state index in [1.807, 2.05) is 0 Å². The zero-order chi connectivity index (χ0) is 13.1. The van der Waals surface area contributed by atoms with Gasteiger partial charge >= 0.3 is 0 Å². The highest BCUT2D eigenvalue weighted by atomic mass is 35.5. The van der Waals surface area contributed by atoms with Crippen LogP contribution in [0.1, 0.15) is 5.56 Å². The number of halogens is 3. The third-order valence-corrected chi connectivity index (χ3v) is 2.84. The van der Waals surface area contributed by atoms with Gasteiger partial charge < -0.3 is 9.84 Å². The Balaban J connectivity index is 2.13. The van der Waals surface area contributed by atoms with E-state index in [-0.39, 0.29) is 28.2 Å². The summed E-state index contributed by atoms with van der Waals surface area (Å²) >= 11 is 11.8. The lowest BCUT2D eigenvalue weighted by Crippen LogP contribution is -1.96. The topological polar surface area (TPSA) is 29.5 Å². The molecule has 0 aliphatic rings. The summed E-state index contributed by atoms with van der Waals surface area (Å²) in [5.74, 6) is -0.0426. The molecule has 0 amide bonds. The average molecular weight is 287 g/mol. The molecule has 0 bridgehead atoms. The fourth-order valence-corrected chi connectivity index (χ4v) is 2.01. The van der Waals surface area contributed by atoms with Crippen molar-refractivity contribution < 1.29 is 14.2 Å². The van der Waals surface area contributed by atoms with Gasteiger partial charge in [0.1, 0.15) is 18.2 Å². The molecule has 0 aromatic heterocycles. The Labute approximate surface area is 114 Å². The lowest BCUT2D eigenvalue weighted by Gasteiger charge is -2.10. The molecular weight excluding hydrogens is 278 g/mol. The molecule has 0 saturated heterocycles. The molecule has 94 valence electrons. The van der Waals surface area contributed by atoms with Crippen LogP contribution in [0.25, 0.3) is 0 Å². The first-order valence-electron chi connectivity index (χ1n) is 5.11. The second kappa shape index (κ2) is 5.46. The molecule has 2 aromatic carbocycles. The van der Waals surface area contributed by atoms with E-state index in [1.54, 1.807) is 12.1 Å². The number of hydrogen-bond acceptors (Lipinski definition) is 2. The van der Waals surface area contributed by atoms with Gasteiger partial charge in [-0.1, -0.05) is 35.3 Å². The highest BCUT2D eigenvalue weighted by molar-refractivity contribution is 6.37. The van der Waals surface area contributed by atoms with E-state index in [1.165, 1.54) is 24.3 Å². The smallest absolute Gasteiger partial charge is 0.157 e. The summed E-state index contributed by atoms with van der Waals surface area (Å²) in [6, 6.07) is 8.59. The summed E-state index contributed by atoms with van der Waals surface area (Å²) in [6.07, 6.45) is 0. The van der Waals surface area contributed by atoms with E-state index >= 15 is 0 Å². The van der Waals surface area contributed by atoms with Crippen molar-refractivity contribution >= 4 is 23.2 Å². The number of aromatic hydroxyl groups is 1. The third-order valence-electron chi connectivity index (χ3n) is 2.28. The lowest BCUT2D eigenvalue weighted by atomic mass is 10.2. The van der Waals surface area contributed by atoms with Crippen LogP contribution in [0.5, 0.6) is 11.5 Å². The highest BCUT2D eigenvalue weighted by Gasteiger charge is 2.09. The maximum absolute atomic E-state index is 12.7. The van der Waals surface area contributed by atoms with E-state index in [9.17, 15) is 9.50 Å². The van der Waals surface area contributed by atoms with Crippen LogP contribution in [0.4, 0.5) is 4.39 Å².